The minimum atomic E-state index is -3.50. The van der Waals surface area contributed by atoms with Gasteiger partial charge in [-0.05, 0) is 49.6 Å². The maximum Gasteiger partial charge on any atom is 0.242 e. The van der Waals surface area contributed by atoms with Crippen molar-refractivity contribution in [3.63, 3.8) is 0 Å². The Labute approximate surface area is 201 Å². The number of carbonyl (C=O) groups is 2. The monoisotopic (exact) mass is 493 g/mol. The number of benzene rings is 2. The average Bonchev–Trinajstić information content (AvgIpc) is 2.77. The molecule has 0 aliphatic carbocycles. The van der Waals surface area contributed by atoms with Crippen molar-refractivity contribution in [3.8, 4) is 0 Å². The maximum atomic E-state index is 13.2. The highest BCUT2D eigenvalue weighted by molar-refractivity contribution is 7.92. The fourth-order valence-electron chi connectivity index (χ4n) is 3.41. The molecule has 0 saturated heterocycles. The van der Waals surface area contributed by atoms with E-state index in [0.717, 1.165) is 18.2 Å². The van der Waals surface area contributed by atoms with Crippen molar-refractivity contribution in [1.82, 2.24) is 10.2 Å². The molecule has 0 aliphatic rings. The van der Waals surface area contributed by atoms with Crippen molar-refractivity contribution in [1.29, 1.82) is 0 Å². The number of para-hydroxylation sites is 1. The summed E-state index contributed by atoms with van der Waals surface area (Å²) in [6, 6.07) is 15.3. The van der Waals surface area contributed by atoms with Gasteiger partial charge in [0.25, 0.3) is 0 Å². The summed E-state index contributed by atoms with van der Waals surface area (Å²) in [5.74, 6) is -0.454. The first-order chi connectivity index (χ1) is 15.6. The number of hydrogen-bond acceptors (Lipinski definition) is 4. The van der Waals surface area contributed by atoms with Crippen LogP contribution in [-0.2, 0) is 26.2 Å². The number of nitrogens with one attached hydrogen (secondary N) is 1. The van der Waals surface area contributed by atoms with Crippen LogP contribution < -0.4 is 9.62 Å². The van der Waals surface area contributed by atoms with E-state index in [1.807, 2.05) is 19.1 Å². The number of carbonyl (C=O) groups excluding carboxylic acids is 2. The summed E-state index contributed by atoms with van der Waals surface area (Å²) < 4.78 is 25.8. The third-order valence-electron chi connectivity index (χ3n) is 5.15. The molecule has 0 aliphatic heterocycles. The largest absolute Gasteiger partial charge is 0.354 e. The zero-order valence-corrected chi connectivity index (χ0v) is 20.9. The third-order valence-corrected chi connectivity index (χ3v) is 6.58. The van der Waals surface area contributed by atoms with E-state index in [0.29, 0.717) is 23.7 Å². The van der Waals surface area contributed by atoms with Crippen molar-refractivity contribution in [2.24, 2.45) is 0 Å². The number of sulfonamides is 1. The van der Waals surface area contributed by atoms with Gasteiger partial charge in [-0.15, -0.1) is 0 Å². The highest BCUT2D eigenvalue weighted by atomic mass is 35.5. The van der Waals surface area contributed by atoms with E-state index in [-0.39, 0.29) is 31.3 Å². The van der Waals surface area contributed by atoms with Crippen LogP contribution in [0.1, 0.15) is 38.7 Å². The molecule has 0 bridgehead atoms. The molecule has 0 fully saturated rings. The van der Waals surface area contributed by atoms with Crippen LogP contribution in [0.25, 0.3) is 0 Å². The van der Waals surface area contributed by atoms with Crippen LogP contribution >= 0.6 is 11.6 Å². The molecule has 7 nitrogen and oxygen atoms in total. The smallest absolute Gasteiger partial charge is 0.242 e. The first-order valence-corrected chi connectivity index (χ1v) is 13.2. The van der Waals surface area contributed by atoms with E-state index < -0.39 is 16.1 Å². The van der Waals surface area contributed by atoms with Crippen molar-refractivity contribution in [2.75, 3.05) is 23.7 Å². The van der Waals surface area contributed by atoms with Gasteiger partial charge in [0.1, 0.15) is 6.04 Å². The first kappa shape index (κ1) is 26.7. The molecule has 0 unspecified atom stereocenters. The highest BCUT2D eigenvalue weighted by Gasteiger charge is 2.26. The molecule has 1 atom stereocenters. The second-order valence-electron chi connectivity index (χ2n) is 7.89. The molecule has 2 aromatic rings. The molecule has 180 valence electrons. The SMILES string of the molecule is CCCNC(=O)[C@H](C)N(Cc1cccc(Cl)c1)C(=O)CCCN(c1ccccc1)S(C)(=O)=O. The van der Waals surface area contributed by atoms with E-state index in [9.17, 15) is 18.0 Å². The van der Waals surface area contributed by atoms with E-state index in [2.05, 4.69) is 5.32 Å². The third kappa shape index (κ3) is 8.37. The van der Waals surface area contributed by atoms with E-state index in [1.54, 1.807) is 49.4 Å². The minimum Gasteiger partial charge on any atom is -0.354 e. The zero-order valence-electron chi connectivity index (χ0n) is 19.3. The molecule has 2 rings (SSSR count). The molecule has 9 heteroatoms. The first-order valence-electron chi connectivity index (χ1n) is 11.0. The van der Waals surface area contributed by atoms with E-state index >= 15 is 0 Å². The van der Waals surface area contributed by atoms with Crippen LogP contribution in [0.3, 0.4) is 0 Å². The lowest BCUT2D eigenvalue weighted by molar-refractivity contribution is -0.140. The summed E-state index contributed by atoms with van der Waals surface area (Å²) in [7, 11) is -3.50. The lowest BCUT2D eigenvalue weighted by Gasteiger charge is -2.29. The van der Waals surface area contributed by atoms with Crippen molar-refractivity contribution in [2.45, 2.75) is 45.7 Å². The molecule has 33 heavy (non-hydrogen) atoms. The van der Waals surface area contributed by atoms with Crippen LogP contribution in [0.5, 0.6) is 0 Å². The zero-order chi connectivity index (χ0) is 24.4. The van der Waals surface area contributed by atoms with Gasteiger partial charge >= 0.3 is 0 Å². The Morgan fingerprint density at radius 3 is 2.39 bits per heavy atom. The Morgan fingerprint density at radius 2 is 1.79 bits per heavy atom. The fourth-order valence-corrected chi connectivity index (χ4v) is 4.59. The number of nitrogens with zero attached hydrogens (tertiary/aromatic N) is 2. The predicted molar refractivity (Wildman–Crippen MR) is 133 cm³/mol. The average molecular weight is 494 g/mol. The number of rotatable bonds is 12. The number of halogens is 1. The summed E-state index contributed by atoms with van der Waals surface area (Å²) in [6.45, 7) is 4.58. The molecule has 0 radical (unpaired) electrons. The topological polar surface area (TPSA) is 86.8 Å². The van der Waals surface area contributed by atoms with Gasteiger partial charge in [-0.3, -0.25) is 13.9 Å². The quantitative estimate of drug-likeness (QED) is 0.486. The standard InChI is InChI=1S/C24H32ClN3O4S/c1-4-15-26-24(30)19(2)27(18-20-10-8-11-21(25)17-20)23(29)14-9-16-28(33(3,31)32)22-12-6-5-7-13-22/h5-8,10-13,17,19H,4,9,14-16,18H2,1-3H3,(H,26,30)/t19-/m0/s1. The lowest BCUT2D eigenvalue weighted by atomic mass is 10.1. The van der Waals surface area contributed by atoms with E-state index in [4.69, 9.17) is 11.6 Å². The number of amides is 2. The van der Waals surface area contributed by atoms with Gasteiger partial charge in [0.2, 0.25) is 21.8 Å². The summed E-state index contributed by atoms with van der Waals surface area (Å²) in [6.07, 6.45) is 2.36. The summed E-state index contributed by atoms with van der Waals surface area (Å²) in [5.41, 5.74) is 1.36. The fraction of sp³-hybridized carbons (Fsp3) is 0.417. The predicted octanol–water partition coefficient (Wildman–Crippen LogP) is 3.83. The summed E-state index contributed by atoms with van der Waals surface area (Å²) >= 11 is 6.09. The molecule has 1 N–H and O–H groups in total. The van der Waals surface area contributed by atoms with E-state index in [1.165, 1.54) is 9.21 Å². The molecule has 0 aromatic heterocycles. The van der Waals surface area contributed by atoms with Crippen LogP contribution in [-0.4, -0.2) is 50.5 Å². The molecule has 0 spiro atoms. The van der Waals surface area contributed by atoms with Gasteiger partial charge in [-0.1, -0.05) is 48.9 Å². The van der Waals surface area contributed by atoms with Crippen molar-refractivity contribution < 1.29 is 18.0 Å². The maximum absolute atomic E-state index is 13.2. The lowest BCUT2D eigenvalue weighted by Crippen LogP contribution is -2.47. The second kappa shape index (κ2) is 12.6. The summed E-state index contributed by atoms with van der Waals surface area (Å²) in [5, 5.41) is 3.38. The molecule has 2 amide bonds. The molecule has 0 heterocycles. The van der Waals surface area contributed by atoms with Crippen LogP contribution in [0, 0.1) is 0 Å². The summed E-state index contributed by atoms with van der Waals surface area (Å²) in [4.78, 5) is 27.3. The van der Waals surface area contributed by atoms with Crippen molar-refractivity contribution >= 4 is 39.1 Å². The molecule has 0 saturated carbocycles. The Kier molecular flexibility index (Phi) is 10.2. The van der Waals surface area contributed by atoms with Gasteiger partial charge in [-0.25, -0.2) is 8.42 Å². The van der Waals surface area contributed by atoms with Crippen LogP contribution in [0.4, 0.5) is 5.69 Å². The Balaban J connectivity index is 2.13. The van der Waals surface area contributed by atoms with Crippen LogP contribution in [0.2, 0.25) is 5.02 Å². The Morgan fingerprint density at radius 1 is 1.09 bits per heavy atom. The molecule has 2 aromatic carbocycles. The Hall–Kier alpha value is -2.58. The molecular weight excluding hydrogens is 462 g/mol. The highest BCUT2D eigenvalue weighted by Crippen LogP contribution is 2.19. The van der Waals surface area contributed by atoms with Gasteiger partial charge in [0.15, 0.2) is 0 Å². The normalized spacial score (nSPS) is 12.1. The van der Waals surface area contributed by atoms with Gasteiger partial charge in [0, 0.05) is 31.1 Å². The Bertz CT molecular complexity index is 1030. The van der Waals surface area contributed by atoms with Crippen molar-refractivity contribution in [3.05, 3.63) is 65.2 Å². The second-order valence-corrected chi connectivity index (χ2v) is 10.2. The number of anilines is 1. The number of hydrogen-bond donors (Lipinski definition) is 1. The van der Waals surface area contributed by atoms with Gasteiger partial charge in [0.05, 0.1) is 11.9 Å². The molecular formula is C24H32ClN3O4S. The van der Waals surface area contributed by atoms with Gasteiger partial charge in [-0.2, -0.15) is 0 Å². The van der Waals surface area contributed by atoms with Gasteiger partial charge < -0.3 is 10.2 Å². The van der Waals surface area contributed by atoms with Crippen LogP contribution in [0.15, 0.2) is 54.6 Å². The minimum absolute atomic E-state index is 0.102.